The lowest BCUT2D eigenvalue weighted by Crippen LogP contribution is -2.19. The predicted molar refractivity (Wildman–Crippen MR) is 62.2 cm³/mol. The van der Waals surface area contributed by atoms with E-state index in [2.05, 4.69) is 29.4 Å². The molecule has 4 nitrogen and oxygen atoms in total. The first-order valence-corrected chi connectivity index (χ1v) is 6.28. The predicted octanol–water partition coefficient (Wildman–Crippen LogP) is 1.95. The highest BCUT2D eigenvalue weighted by molar-refractivity contribution is 4.86. The van der Waals surface area contributed by atoms with Gasteiger partial charge in [0.15, 0.2) is 0 Å². The topological polar surface area (TPSA) is 51.0 Å². The molecule has 0 aromatic carbocycles. The van der Waals surface area contributed by atoms with Crippen molar-refractivity contribution >= 4 is 0 Å². The Balaban J connectivity index is 1.68. The molecule has 90 valence electrons. The van der Waals surface area contributed by atoms with Crippen molar-refractivity contribution in [2.75, 3.05) is 6.54 Å². The molecule has 1 aromatic heterocycles. The van der Waals surface area contributed by atoms with Crippen LogP contribution in [0, 0.1) is 5.92 Å². The van der Waals surface area contributed by atoms with Crippen LogP contribution < -0.4 is 5.32 Å². The number of nitrogens with zero attached hydrogens (tertiary/aromatic N) is 2. The SMILES string of the molecule is CC(C)CCc1nnc(CCNC2CC2)o1. The summed E-state index contributed by atoms with van der Waals surface area (Å²) in [6, 6.07) is 0.753. The molecule has 1 heterocycles. The Morgan fingerprint density at radius 1 is 1.25 bits per heavy atom. The Labute approximate surface area is 96.8 Å². The van der Waals surface area contributed by atoms with Gasteiger partial charge in [-0.2, -0.15) is 0 Å². The second-order valence-corrected chi connectivity index (χ2v) is 5.00. The van der Waals surface area contributed by atoms with Crippen molar-refractivity contribution in [3.05, 3.63) is 11.8 Å². The molecule has 0 atom stereocenters. The van der Waals surface area contributed by atoms with Crippen molar-refractivity contribution in [1.29, 1.82) is 0 Å². The highest BCUT2D eigenvalue weighted by Crippen LogP contribution is 2.18. The quantitative estimate of drug-likeness (QED) is 0.767. The fourth-order valence-corrected chi connectivity index (χ4v) is 1.57. The summed E-state index contributed by atoms with van der Waals surface area (Å²) in [5, 5.41) is 11.5. The van der Waals surface area contributed by atoms with Crippen LogP contribution in [0.4, 0.5) is 0 Å². The van der Waals surface area contributed by atoms with Crippen LogP contribution in [-0.4, -0.2) is 22.8 Å². The summed E-state index contributed by atoms with van der Waals surface area (Å²) in [4.78, 5) is 0. The number of hydrogen-bond acceptors (Lipinski definition) is 4. The van der Waals surface area contributed by atoms with E-state index in [4.69, 9.17) is 4.42 Å². The maximum absolute atomic E-state index is 5.57. The molecular formula is C12H21N3O. The maximum atomic E-state index is 5.57. The standard InChI is InChI=1S/C12H21N3O/c1-9(2)3-6-11-14-15-12(16-11)7-8-13-10-4-5-10/h9-10,13H,3-8H2,1-2H3. The second-order valence-electron chi connectivity index (χ2n) is 5.00. The number of hydrogen-bond donors (Lipinski definition) is 1. The molecule has 1 aliphatic rings. The van der Waals surface area contributed by atoms with E-state index in [0.717, 1.165) is 43.6 Å². The smallest absolute Gasteiger partial charge is 0.217 e. The summed E-state index contributed by atoms with van der Waals surface area (Å²) in [7, 11) is 0. The van der Waals surface area contributed by atoms with Crippen LogP contribution >= 0.6 is 0 Å². The third kappa shape index (κ3) is 3.93. The number of nitrogens with one attached hydrogen (secondary N) is 1. The average Bonchev–Trinajstić information content (AvgIpc) is 2.94. The molecule has 4 heteroatoms. The van der Waals surface area contributed by atoms with Crippen molar-refractivity contribution in [3.63, 3.8) is 0 Å². The van der Waals surface area contributed by atoms with Crippen LogP contribution in [0.15, 0.2) is 4.42 Å². The van der Waals surface area contributed by atoms with Crippen molar-refractivity contribution in [2.24, 2.45) is 5.92 Å². The number of aryl methyl sites for hydroxylation is 1. The van der Waals surface area contributed by atoms with Gasteiger partial charge < -0.3 is 9.73 Å². The van der Waals surface area contributed by atoms with Gasteiger partial charge >= 0.3 is 0 Å². The molecule has 0 spiro atoms. The Kier molecular flexibility index (Phi) is 3.93. The Morgan fingerprint density at radius 3 is 2.56 bits per heavy atom. The van der Waals surface area contributed by atoms with Crippen molar-refractivity contribution in [3.8, 4) is 0 Å². The van der Waals surface area contributed by atoms with E-state index in [1.54, 1.807) is 0 Å². The molecule has 1 fully saturated rings. The van der Waals surface area contributed by atoms with Crippen molar-refractivity contribution < 1.29 is 4.42 Å². The first kappa shape index (κ1) is 11.6. The van der Waals surface area contributed by atoms with Gasteiger partial charge in [0.2, 0.25) is 11.8 Å². The highest BCUT2D eigenvalue weighted by Gasteiger charge is 2.20. The molecule has 1 N–H and O–H groups in total. The average molecular weight is 223 g/mol. The van der Waals surface area contributed by atoms with Crippen molar-refractivity contribution in [2.45, 2.75) is 52.0 Å². The van der Waals surface area contributed by atoms with Gasteiger partial charge in [-0.05, 0) is 25.2 Å². The van der Waals surface area contributed by atoms with E-state index in [1.165, 1.54) is 12.8 Å². The molecule has 1 saturated carbocycles. The molecule has 0 saturated heterocycles. The maximum Gasteiger partial charge on any atom is 0.217 e. The summed E-state index contributed by atoms with van der Waals surface area (Å²) in [6.07, 6.45) is 5.51. The minimum Gasteiger partial charge on any atom is -0.425 e. The zero-order valence-electron chi connectivity index (χ0n) is 10.2. The molecular weight excluding hydrogens is 202 g/mol. The van der Waals surface area contributed by atoms with E-state index in [0.29, 0.717) is 5.92 Å². The van der Waals surface area contributed by atoms with Gasteiger partial charge in [0.25, 0.3) is 0 Å². The van der Waals surface area contributed by atoms with Crippen LogP contribution in [0.1, 0.15) is 44.9 Å². The molecule has 2 rings (SSSR count). The van der Waals surface area contributed by atoms with Gasteiger partial charge in [-0.1, -0.05) is 13.8 Å². The van der Waals surface area contributed by atoms with Crippen LogP contribution in [0.3, 0.4) is 0 Å². The van der Waals surface area contributed by atoms with Gasteiger partial charge in [-0.25, -0.2) is 0 Å². The van der Waals surface area contributed by atoms with Gasteiger partial charge in [-0.15, -0.1) is 10.2 Å². The summed E-state index contributed by atoms with van der Waals surface area (Å²) in [5.74, 6) is 2.24. The Morgan fingerprint density at radius 2 is 1.94 bits per heavy atom. The molecule has 0 amide bonds. The van der Waals surface area contributed by atoms with E-state index in [1.807, 2.05) is 0 Å². The lowest BCUT2D eigenvalue weighted by Gasteiger charge is -1.99. The molecule has 0 aliphatic heterocycles. The minimum atomic E-state index is 0.687. The molecule has 1 aliphatic carbocycles. The lowest BCUT2D eigenvalue weighted by molar-refractivity contribution is 0.426. The molecule has 16 heavy (non-hydrogen) atoms. The fraction of sp³-hybridized carbons (Fsp3) is 0.833. The van der Waals surface area contributed by atoms with Crippen LogP contribution in [0.5, 0.6) is 0 Å². The van der Waals surface area contributed by atoms with Gasteiger partial charge in [-0.3, -0.25) is 0 Å². The van der Waals surface area contributed by atoms with E-state index in [-0.39, 0.29) is 0 Å². The second kappa shape index (κ2) is 5.43. The lowest BCUT2D eigenvalue weighted by atomic mass is 10.1. The fourth-order valence-electron chi connectivity index (χ4n) is 1.57. The number of rotatable bonds is 7. The summed E-state index contributed by atoms with van der Waals surface area (Å²) < 4.78 is 5.57. The van der Waals surface area contributed by atoms with E-state index >= 15 is 0 Å². The molecule has 1 aromatic rings. The van der Waals surface area contributed by atoms with E-state index < -0.39 is 0 Å². The monoisotopic (exact) mass is 223 g/mol. The normalized spacial score (nSPS) is 15.9. The molecule has 0 radical (unpaired) electrons. The first-order chi connectivity index (χ1) is 7.74. The van der Waals surface area contributed by atoms with Crippen LogP contribution in [-0.2, 0) is 12.8 Å². The van der Waals surface area contributed by atoms with E-state index in [9.17, 15) is 0 Å². The first-order valence-electron chi connectivity index (χ1n) is 6.28. The Bertz CT molecular complexity index is 318. The number of aromatic nitrogens is 2. The van der Waals surface area contributed by atoms with Gasteiger partial charge in [0, 0.05) is 25.4 Å². The van der Waals surface area contributed by atoms with Gasteiger partial charge in [0.1, 0.15) is 0 Å². The summed E-state index contributed by atoms with van der Waals surface area (Å²) in [6.45, 7) is 5.37. The third-order valence-corrected chi connectivity index (χ3v) is 2.79. The molecule has 0 bridgehead atoms. The molecule has 0 unspecified atom stereocenters. The largest absolute Gasteiger partial charge is 0.425 e. The Hall–Kier alpha value is -0.900. The summed E-state index contributed by atoms with van der Waals surface area (Å²) >= 11 is 0. The minimum absolute atomic E-state index is 0.687. The third-order valence-electron chi connectivity index (χ3n) is 2.79. The zero-order valence-corrected chi connectivity index (χ0v) is 10.2. The van der Waals surface area contributed by atoms with Crippen LogP contribution in [0.25, 0.3) is 0 Å². The van der Waals surface area contributed by atoms with Crippen molar-refractivity contribution in [1.82, 2.24) is 15.5 Å². The van der Waals surface area contributed by atoms with Crippen LogP contribution in [0.2, 0.25) is 0 Å². The highest BCUT2D eigenvalue weighted by atomic mass is 16.4. The summed E-state index contributed by atoms with van der Waals surface area (Å²) in [5.41, 5.74) is 0. The van der Waals surface area contributed by atoms with Gasteiger partial charge in [0.05, 0.1) is 0 Å². The zero-order chi connectivity index (χ0) is 11.4.